The predicted octanol–water partition coefficient (Wildman–Crippen LogP) is 2.25. The predicted molar refractivity (Wildman–Crippen MR) is 89.4 cm³/mol. The highest BCUT2D eigenvalue weighted by atomic mass is 16.2. The standard InChI is InChI=1S/C19H24N2O/c1-3-14-20-19(22)15(2)21-18(16-10-6-4-7-11-16)17-12-8-5-9-13-17/h4-13,15,18,21H,3,14H2,1-2H3,(H,20,22)/p+1/t15-/m0/s1. The first-order valence-corrected chi connectivity index (χ1v) is 7.95. The molecule has 2 aromatic carbocycles. The second kappa shape index (κ2) is 8.35. The van der Waals surface area contributed by atoms with Gasteiger partial charge >= 0.3 is 0 Å². The number of rotatable bonds is 7. The van der Waals surface area contributed by atoms with E-state index in [2.05, 4.69) is 41.8 Å². The van der Waals surface area contributed by atoms with E-state index < -0.39 is 0 Å². The van der Waals surface area contributed by atoms with Crippen LogP contribution in [0.15, 0.2) is 60.7 Å². The number of carbonyl (C=O) groups excluding carboxylic acids is 1. The van der Waals surface area contributed by atoms with Crippen LogP contribution in [0.4, 0.5) is 0 Å². The Morgan fingerprint density at radius 2 is 1.50 bits per heavy atom. The average molecular weight is 297 g/mol. The Kier molecular flexibility index (Phi) is 6.16. The van der Waals surface area contributed by atoms with Gasteiger partial charge in [0.2, 0.25) is 0 Å². The summed E-state index contributed by atoms with van der Waals surface area (Å²) < 4.78 is 0. The Labute approximate surface area is 132 Å². The molecule has 0 aliphatic rings. The molecule has 116 valence electrons. The van der Waals surface area contributed by atoms with Gasteiger partial charge in [-0.2, -0.15) is 0 Å². The van der Waals surface area contributed by atoms with Gasteiger partial charge in [-0.1, -0.05) is 67.6 Å². The van der Waals surface area contributed by atoms with E-state index in [-0.39, 0.29) is 18.0 Å². The van der Waals surface area contributed by atoms with E-state index in [0.717, 1.165) is 13.0 Å². The first kappa shape index (κ1) is 16.2. The third-order valence-corrected chi connectivity index (χ3v) is 3.76. The second-order valence-corrected chi connectivity index (χ2v) is 5.57. The lowest BCUT2D eigenvalue weighted by molar-refractivity contribution is -0.704. The van der Waals surface area contributed by atoms with Crippen molar-refractivity contribution < 1.29 is 10.1 Å². The normalized spacial score (nSPS) is 12.1. The van der Waals surface area contributed by atoms with Crippen molar-refractivity contribution in [1.29, 1.82) is 0 Å². The largest absolute Gasteiger partial charge is 0.351 e. The molecule has 0 radical (unpaired) electrons. The molecule has 0 aliphatic heterocycles. The van der Waals surface area contributed by atoms with Gasteiger partial charge < -0.3 is 10.6 Å². The minimum absolute atomic E-state index is 0.0960. The molecule has 3 heteroatoms. The molecule has 1 amide bonds. The topological polar surface area (TPSA) is 45.7 Å². The summed E-state index contributed by atoms with van der Waals surface area (Å²) in [5.41, 5.74) is 2.42. The number of amides is 1. The van der Waals surface area contributed by atoms with E-state index in [9.17, 15) is 4.79 Å². The van der Waals surface area contributed by atoms with Crippen LogP contribution in [0.1, 0.15) is 37.4 Å². The number of hydrogen-bond acceptors (Lipinski definition) is 1. The highest BCUT2D eigenvalue weighted by Gasteiger charge is 2.24. The van der Waals surface area contributed by atoms with Crippen LogP contribution in [-0.4, -0.2) is 18.5 Å². The summed E-state index contributed by atoms with van der Waals surface area (Å²) in [6.07, 6.45) is 0.958. The van der Waals surface area contributed by atoms with Gasteiger partial charge in [0.1, 0.15) is 6.04 Å². The highest BCUT2D eigenvalue weighted by Crippen LogP contribution is 2.17. The molecule has 3 nitrogen and oxygen atoms in total. The number of quaternary nitrogens is 1. The van der Waals surface area contributed by atoms with Crippen molar-refractivity contribution in [3.05, 3.63) is 71.8 Å². The quantitative estimate of drug-likeness (QED) is 0.809. The molecule has 2 rings (SSSR count). The van der Waals surface area contributed by atoms with Gasteiger partial charge in [-0.25, -0.2) is 0 Å². The molecular weight excluding hydrogens is 272 g/mol. The average Bonchev–Trinajstić information content (AvgIpc) is 2.58. The van der Waals surface area contributed by atoms with Crippen LogP contribution in [0.3, 0.4) is 0 Å². The summed E-state index contributed by atoms with van der Waals surface area (Å²) in [4.78, 5) is 12.2. The fourth-order valence-corrected chi connectivity index (χ4v) is 2.52. The minimum Gasteiger partial charge on any atom is -0.351 e. The maximum atomic E-state index is 12.2. The van der Waals surface area contributed by atoms with Crippen LogP contribution in [-0.2, 0) is 4.79 Å². The van der Waals surface area contributed by atoms with E-state index >= 15 is 0 Å². The van der Waals surface area contributed by atoms with E-state index in [1.165, 1.54) is 11.1 Å². The Bertz CT molecular complexity index is 529. The Morgan fingerprint density at radius 3 is 1.95 bits per heavy atom. The van der Waals surface area contributed by atoms with E-state index in [0.29, 0.717) is 0 Å². The zero-order chi connectivity index (χ0) is 15.8. The minimum atomic E-state index is -0.128. The van der Waals surface area contributed by atoms with Gasteiger partial charge in [0, 0.05) is 17.7 Å². The molecule has 0 spiro atoms. The van der Waals surface area contributed by atoms with E-state index in [4.69, 9.17) is 0 Å². The SMILES string of the molecule is CCCNC(=O)[C@H](C)[NH2+]C(c1ccccc1)c1ccccc1. The van der Waals surface area contributed by atoms with Gasteiger partial charge in [0.15, 0.2) is 6.04 Å². The van der Waals surface area contributed by atoms with Crippen LogP contribution in [0.5, 0.6) is 0 Å². The van der Waals surface area contributed by atoms with Crippen molar-refractivity contribution >= 4 is 5.91 Å². The van der Waals surface area contributed by atoms with E-state index in [1.807, 2.05) is 43.3 Å². The lowest BCUT2D eigenvalue weighted by atomic mass is 9.98. The molecule has 0 aromatic heterocycles. The van der Waals surface area contributed by atoms with Gasteiger partial charge in [-0.3, -0.25) is 4.79 Å². The number of nitrogens with two attached hydrogens (primary N) is 1. The number of nitrogens with one attached hydrogen (secondary N) is 1. The van der Waals surface area contributed by atoms with Crippen molar-refractivity contribution in [1.82, 2.24) is 5.32 Å². The van der Waals surface area contributed by atoms with Crippen molar-refractivity contribution in [3.8, 4) is 0 Å². The lowest BCUT2D eigenvalue weighted by Gasteiger charge is -2.20. The lowest BCUT2D eigenvalue weighted by Crippen LogP contribution is -2.92. The van der Waals surface area contributed by atoms with Gasteiger partial charge in [0.25, 0.3) is 5.91 Å². The molecule has 0 heterocycles. The Hall–Kier alpha value is -2.13. The Morgan fingerprint density at radius 1 is 1.00 bits per heavy atom. The Balaban J connectivity index is 2.17. The maximum absolute atomic E-state index is 12.2. The van der Waals surface area contributed by atoms with Gasteiger partial charge in [-0.15, -0.1) is 0 Å². The fourth-order valence-electron chi connectivity index (χ4n) is 2.52. The van der Waals surface area contributed by atoms with Crippen molar-refractivity contribution in [2.75, 3.05) is 6.54 Å². The summed E-state index contributed by atoms with van der Waals surface area (Å²) in [6, 6.07) is 20.7. The van der Waals surface area contributed by atoms with Crippen LogP contribution >= 0.6 is 0 Å². The molecule has 0 saturated heterocycles. The molecule has 0 saturated carbocycles. The highest BCUT2D eigenvalue weighted by molar-refractivity contribution is 5.79. The van der Waals surface area contributed by atoms with Crippen molar-refractivity contribution in [2.45, 2.75) is 32.4 Å². The van der Waals surface area contributed by atoms with Gasteiger partial charge in [-0.05, 0) is 13.3 Å². The third-order valence-electron chi connectivity index (χ3n) is 3.76. The summed E-state index contributed by atoms with van der Waals surface area (Å²) >= 11 is 0. The van der Waals surface area contributed by atoms with E-state index in [1.54, 1.807) is 0 Å². The first-order valence-electron chi connectivity index (χ1n) is 7.95. The molecule has 0 fully saturated rings. The number of hydrogen-bond donors (Lipinski definition) is 2. The molecule has 0 bridgehead atoms. The fraction of sp³-hybridized carbons (Fsp3) is 0.316. The number of benzene rings is 2. The van der Waals surface area contributed by atoms with Gasteiger partial charge in [0.05, 0.1) is 0 Å². The molecule has 22 heavy (non-hydrogen) atoms. The van der Waals surface area contributed by atoms with Crippen molar-refractivity contribution in [2.24, 2.45) is 0 Å². The molecule has 0 unspecified atom stereocenters. The summed E-state index contributed by atoms with van der Waals surface area (Å²) in [5.74, 6) is 0.0960. The first-order chi connectivity index (χ1) is 10.7. The van der Waals surface area contributed by atoms with Crippen LogP contribution in [0.2, 0.25) is 0 Å². The maximum Gasteiger partial charge on any atom is 0.277 e. The van der Waals surface area contributed by atoms with Crippen LogP contribution in [0, 0.1) is 0 Å². The molecular formula is C19H25N2O+. The summed E-state index contributed by atoms with van der Waals surface area (Å²) in [7, 11) is 0. The van der Waals surface area contributed by atoms with Crippen LogP contribution < -0.4 is 10.6 Å². The molecule has 1 atom stereocenters. The molecule has 0 aliphatic carbocycles. The number of carbonyl (C=O) groups is 1. The smallest absolute Gasteiger partial charge is 0.277 e. The zero-order valence-corrected chi connectivity index (χ0v) is 13.3. The van der Waals surface area contributed by atoms with Crippen molar-refractivity contribution in [3.63, 3.8) is 0 Å². The third kappa shape index (κ3) is 4.43. The molecule has 2 aromatic rings. The van der Waals surface area contributed by atoms with Crippen LogP contribution in [0.25, 0.3) is 0 Å². The summed E-state index contributed by atoms with van der Waals surface area (Å²) in [5, 5.41) is 5.10. The molecule has 3 N–H and O–H groups in total. The monoisotopic (exact) mass is 297 g/mol. The second-order valence-electron chi connectivity index (χ2n) is 5.57. The summed E-state index contributed by atoms with van der Waals surface area (Å²) in [6.45, 7) is 4.76. The zero-order valence-electron chi connectivity index (χ0n) is 13.3.